The van der Waals surface area contributed by atoms with E-state index in [0.29, 0.717) is 5.75 Å². The smallest absolute Gasteiger partial charge is 0.130 e. The Morgan fingerprint density at radius 2 is 1.93 bits per heavy atom. The fourth-order valence-corrected chi connectivity index (χ4v) is 1.77. The third kappa shape index (κ3) is 2.96. The molecular weight excluding hydrogens is 252 g/mol. The summed E-state index contributed by atoms with van der Waals surface area (Å²) in [5, 5.41) is 9.47. The van der Waals surface area contributed by atoms with E-state index in [0.717, 1.165) is 16.5 Å². The topological polar surface area (TPSA) is 20.2 Å². The van der Waals surface area contributed by atoms with Crippen LogP contribution in [0.25, 0.3) is 6.08 Å². The highest BCUT2D eigenvalue weighted by Gasteiger charge is 2.05. The predicted molar refractivity (Wildman–Crippen MR) is 69.0 cm³/mol. The summed E-state index contributed by atoms with van der Waals surface area (Å²) in [7, 11) is 0. The summed E-state index contributed by atoms with van der Waals surface area (Å²) in [5.74, 6) is 0.297. The van der Waals surface area contributed by atoms with Gasteiger partial charge in [0.25, 0.3) is 0 Å². The molecule has 0 radical (unpaired) electrons. The fraction of sp³-hybridized carbons (Fsp3) is 0.231. The number of rotatable bonds is 0. The zero-order chi connectivity index (χ0) is 11.3. The highest BCUT2D eigenvalue weighted by Crippen LogP contribution is 2.29. The first kappa shape index (κ1) is 12.1. The number of allylic oxidation sites excluding steroid dienone is 3. The van der Waals surface area contributed by atoms with Crippen LogP contribution in [0.1, 0.15) is 25.0 Å². The number of fused-ring (bicyclic) bond motifs is 1. The van der Waals surface area contributed by atoms with Gasteiger partial charge in [0.15, 0.2) is 0 Å². The lowest BCUT2D eigenvalue weighted by atomic mass is 10.1. The van der Waals surface area contributed by atoms with E-state index in [9.17, 15) is 5.11 Å². The van der Waals surface area contributed by atoms with E-state index in [1.165, 1.54) is 5.56 Å². The molecule has 0 heterocycles. The largest absolute Gasteiger partial charge is 0.507 e. The van der Waals surface area contributed by atoms with Gasteiger partial charge in [-0.25, -0.2) is 0 Å². The number of hydrogen-bond acceptors (Lipinski definition) is 1. The van der Waals surface area contributed by atoms with Crippen molar-refractivity contribution in [1.82, 2.24) is 0 Å². The molecule has 1 N–H and O–H groups in total. The molecule has 1 aromatic rings. The molecule has 1 aliphatic rings. The van der Waals surface area contributed by atoms with Gasteiger partial charge in [-0.1, -0.05) is 38.2 Å². The van der Waals surface area contributed by atoms with Gasteiger partial charge in [0.1, 0.15) is 5.75 Å². The third-order valence-corrected chi connectivity index (χ3v) is 2.70. The van der Waals surface area contributed by atoms with E-state index in [2.05, 4.69) is 22.0 Å². The average molecular weight is 267 g/mol. The van der Waals surface area contributed by atoms with Crippen LogP contribution in [-0.4, -0.2) is 5.11 Å². The van der Waals surface area contributed by atoms with Gasteiger partial charge >= 0.3 is 0 Å². The first-order valence-electron chi connectivity index (χ1n) is 5.12. The molecule has 0 fully saturated rings. The first-order chi connectivity index (χ1) is 7.27. The predicted octanol–water partition coefficient (Wildman–Crippen LogP) is 4.31. The number of hydrogen-bond donors (Lipinski definition) is 1. The summed E-state index contributed by atoms with van der Waals surface area (Å²) in [5.41, 5.74) is 2.32. The van der Waals surface area contributed by atoms with Gasteiger partial charge in [-0.15, -0.1) is 0 Å². The molecule has 1 aromatic carbocycles. The summed E-state index contributed by atoms with van der Waals surface area (Å²) in [4.78, 5) is 0. The van der Waals surface area contributed by atoms with Crippen LogP contribution >= 0.6 is 15.9 Å². The minimum absolute atomic E-state index is 0.297. The van der Waals surface area contributed by atoms with Gasteiger partial charge < -0.3 is 5.11 Å². The lowest BCUT2D eigenvalue weighted by Gasteiger charge is -2.05. The van der Waals surface area contributed by atoms with Gasteiger partial charge in [0.2, 0.25) is 0 Å². The third-order valence-electron chi connectivity index (χ3n) is 2.07. The molecule has 2 heteroatoms. The second-order valence-corrected chi connectivity index (χ2v) is 3.85. The van der Waals surface area contributed by atoms with Crippen molar-refractivity contribution in [3.05, 3.63) is 46.0 Å². The lowest BCUT2D eigenvalue weighted by Crippen LogP contribution is -1.86. The van der Waals surface area contributed by atoms with Crippen LogP contribution in [0, 0.1) is 0 Å². The van der Waals surface area contributed by atoms with Gasteiger partial charge in [0.05, 0.1) is 4.47 Å². The molecule has 0 saturated heterocycles. The minimum atomic E-state index is 0.297. The monoisotopic (exact) mass is 266 g/mol. The maximum Gasteiger partial charge on any atom is 0.130 e. The lowest BCUT2D eigenvalue weighted by molar-refractivity contribution is 0.471. The van der Waals surface area contributed by atoms with Crippen LogP contribution in [0.15, 0.2) is 34.8 Å². The Kier molecular flexibility index (Phi) is 4.63. The normalized spacial score (nSPS) is 12.5. The number of aromatic hydroxyl groups is 1. The van der Waals surface area contributed by atoms with Crippen molar-refractivity contribution >= 4 is 22.0 Å². The highest BCUT2D eigenvalue weighted by molar-refractivity contribution is 9.10. The van der Waals surface area contributed by atoms with Gasteiger partial charge in [-0.3, -0.25) is 0 Å². The van der Waals surface area contributed by atoms with E-state index >= 15 is 0 Å². The number of benzene rings is 1. The highest BCUT2D eigenvalue weighted by atomic mass is 79.9. The summed E-state index contributed by atoms with van der Waals surface area (Å²) < 4.78 is 0.759. The van der Waals surface area contributed by atoms with Crippen molar-refractivity contribution in [3.8, 4) is 5.75 Å². The van der Waals surface area contributed by atoms with Gasteiger partial charge in [-0.2, -0.15) is 0 Å². The SMILES string of the molecule is CC.Oc1cc2c(cc1Br)CC=CC=C2. The molecule has 1 nitrogen and oxygen atoms in total. The van der Waals surface area contributed by atoms with Crippen LogP contribution in [-0.2, 0) is 6.42 Å². The minimum Gasteiger partial charge on any atom is -0.507 e. The van der Waals surface area contributed by atoms with Crippen LogP contribution in [0.3, 0.4) is 0 Å². The molecule has 0 saturated carbocycles. The molecule has 0 unspecified atom stereocenters. The Morgan fingerprint density at radius 1 is 1.20 bits per heavy atom. The molecule has 0 spiro atoms. The Labute approximate surface area is 99.3 Å². The fourth-order valence-electron chi connectivity index (χ4n) is 1.38. The molecule has 0 amide bonds. The first-order valence-corrected chi connectivity index (χ1v) is 5.91. The molecule has 0 aliphatic heterocycles. The standard InChI is InChI=1S/C11H9BrO.C2H6/c12-10-6-8-4-2-1-3-5-9(8)7-11(10)13;1-2/h1-3,5-7,13H,4H2;1-2H3. The second-order valence-electron chi connectivity index (χ2n) is 2.99. The van der Waals surface area contributed by atoms with Crippen molar-refractivity contribution in [1.29, 1.82) is 0 Å². The molecule has 15 heavy (non-hydrogen) atoms. The number of phenols is 1. The molecule has 0 bridgehead atoms. The van der Waals surface area contributed by atoms with E-state index in [-0.39, 0.29) is 0 Å². The molecule has 2 rings (SSSR count). The Bertz CT molecular complexity index is 392. The average Bonchev–Trinajstić information content (AvgIpc) is 2.47. The zero-order valence-electron chi connectivity index (χ0n) is 9.00. The van der Waals surface area contributed by atoms with Crippen molar-refractivity contribution in [2.24, 2.45) is 0 Å². The molecule has 80 valence electrons. The Morgan fingerprint density at radius 3 is 2.67 bits per heavy atom. The van der Waals surface area contributed by atoms with Crippen molar-refractivity contribution < 1.29 is 5.11 Å². The second kappa shape index (κ2) is 5.76. The zero-order valence-corrected chi connectivity index (χ0v) is 10.6. The molecular formula is C13H15BrO. The van der Waals surface area contributed by atoms with E-state index in [4.69, 9.17) is 0 Å². The van der Waals surface area contributed by atoms with Crippen LogP contribution in [0.2, 0.25) is 0 Å². The Balaban J connectivity index is 0.000000531. The summed E-state index contributed by atoms with van der Waals surface area (Å²) in [6.07, 6.45) is 9.03. The summed E-state index contributed by atoms with van der Waals surface area (Å²) in [6.45, 7) is 4.00. The molecule has 0 atom stereocenters. The summed E-state index contributed by atoms with van der Waals surface area (Å²) in [6, 6.07) is 3.74. The van der Waals surface area contributed by atoms with Crippen LogP contribution in [0.4, 0.5) is 0 Å². The van der Waals surface area contributed by atoms with Crippen molar-refractivity contribution in [2.45, 2.75) is 20.3 Å². The quantitative estimate of drug-likeness (QED) is 0.742. The molecule has 0 aromatic heterocycles. The Hall–Kier alpha value is -1.02. The summed E-state index contributed by atoms with van der Waals surface area (Å²) >= 11 is 3.30. The number of phenolic OH excluding ortho intramolecular Hbond substituents is 1. The van der Waals surface area contributed by atoms with Crippen molar-refractivity contribution in [3.63, 3.8) is 0 Å². The van der Waals surface area contributed by atoms with Gasteiger partial charge in [0, 0.05) is 0 Å². The van der Waals surface area contributed by atoms with Crippen LogP contribution in [0.5, 0.6) is 5.75 Å². The maximum atomic E-state index is 9.47. The maximum absolute atomic E-state index is 9.47. The van der Waals surface area contributed by atoms with Gasteiger partial charge in [-0.05, 0) is 45.6 Å². The van der Waals surface area contributed by atoms with Crippen LogP contribution < -0.4 is 0 Å². The molecule has 1 aliphatic carbocycles. The van der Waals surface area contributed by atoms with E-state index in [1.54, 1.807) is 6.07 Å². The van der Waals surface area contributed by atoms with Crippen molar-refractivity contribution in [2.75, 3.05) is 0 Å². The van der Waals surface area contributed by atoms with E-state index in [1.807, 2.05) is 38.1 Å². The van der Waals surface area contributed by atoms with E-state index < -0.39 is 0 Å². The number of halogens is 1.